The van der Waals surface area contributed by atoms with Crippen molar-refractivity contribution >= 4 is 37.7 Å². The van der Waals surface area contributed by atoms with Crippen LogP contribution in [0.4, 0.5) is 0 Å². The zero-order chi connectivity index (χ0) is 23.7. The van der Waals surface area contributed by atoms with Gasteiger partial charge in [0.05, 0.1) is 28.8 Å². The molecule has 34 heavy (non-hydrogen) atoms. The van der Waals surface area contributed by atoms with Crippen LogP contribution in [-0.4, -0.2) is 37.9 Å². The van der Waals surface area contributed by atoms with Crippen molar-refractivity contribution in [3.8, 4) is 5.75 Å². The third kappa shape index (κ3) is 4.46. The van der Waals surface area contributed by atoms with Crippen molar-refractivity contribution in [1.82, 2.24) is 19.6 Å². The molecule has 2 aromatic heterocycles. The number of aryl methyl sites for hydroxylation is 2. The third-order valence-corrected chi connectivity index (χ3v) is 7.77. The number of rotatable bonds is 2. The Bertz CT molecular complexity index is 1190. The van der Waals surface area contributed by atoms with E-state index in [9.17, 15) is 5.11 Å². The molecule has 7 nitrogen and oxygen atoms in total. The van der Waals surface area contributed by atoms with Crippen LogP contribution in [0.5, 0.6) is 5.75 Å². The quantitative estimate of drug-likeness (QED) is 0.320. The summed E-state index contributed by atoms with van der Waals surface area (Å²) in [6.45, 7) is 5.63. The van der Waals surface area contributed by atoms with Crippen LogP contribution in [0, 0.1) is 13.8 Å². The number of halogens is 1. The largest absolute Gasteiger partial charge is 0.507 e. The normalized spacial score (nSPS) is 20.9. The van der Waals surface area contributed by atoms with Gasteiger partial charge >= 0.3 is 0 Å². The van der Waals surface area contributed by atoms with Crippen molar-refractivity contribution in [3.05, 3.63) is 52.3 Å². The molecule has 180 valence electrons. The molecule has 2 aliphatic heterocycles. The Morgan fingerprint density at radius 2 is 1.32 bits per heavy atom. The molecule has 2 aromatic carbocycles. The Balaban J connectivity index is 0.000000142. The summed E-state index contributed by atoms with van der Waals surface area (Å²) in [5.41, 5.74) is 4.21. The summed E-state index contributed by atoms with van der Waals surface area (Å²) < 4.78 is 16.5. The minimum Gasteiger partial charge on any atom is -0.507 e. The molecular weight excluding hydrogens is 496 g/mol. The first-order chi connectivity index (χ1) is 16.5. The number of fused-ring (bicyclic) bond motifs is 2. The predicted octanol–water partition coefficient (Wildman–Crippen LogP) is 6.56. The van der Waals surface area contributed by atoms with E-state index in [1.807, 2.05) is 34.6 Å². The Kier molecular flexibility index (Phi) is 6.90. The Labute approximate surface area is 207 Å². The van der Waals surface area contributed by atoms with Crippen molar-refractivity contribution in [1.29, 1.82) is 0 Å². The van der Waals surface area contributed by atoms with Gasteiger partial charge in [-0.2, -0.15) is 10.2 Å². The maximum atomic E-state index is 9.98. The SMILES string of the molecule is Cc1ccc2c(cnn2C2CCCCO2)c1Br.Cc1ccc2c(cnn2C2CCCCO2)c1O. The van der Waals surface area contributed by atoms with Gasteiger partial charge < -0.3 is 14.6 Å². The van der Waals surface area contributed by atoms with Gasteiger partial charge in [-0.25, -0.2) is 9.36 Å². The van der Waals surface area contributed by atoms with Gasteiger partial charge in [0.15, 0.2) is 12.5 Å². The highest BCUT2D eigenvalue weighted by Crippen LogP contribution is 2.33. The van der Waals surface area contributed by atoms with Gasteiger partial charge in [0.2, 0.25) is 0 Å². The van der Waals surface area contributed by atoms with Crippen molar-refractivity contribution in [2.45, 2.75) is 64.8 Å². The Morgan fingerprint density at radius 1 is 0.794 bits per heavy atom. The second-order valence-corrected chi connectivity index (χ2v) is 9.91. The highest BCUT2D eigenvalue weighted by atomic mass is 79.9. The molecule has 2 atom stereocenters. The fourth-order valence-corrected chi connectivity index (χ4v) is 5.14. The molecular formula is C26H31BrN4O3. The van der Waals surface area contributed by atoms with Crippen molar-refractivity contribution in [2.24, 2.45) is 0 Å². The lowest BCUT2D eigenvalue weighted by Gasteiger charge is -2.23. The van der Waals surface area contributed by atoms with Gasteiger partial charge in [-0.1, -0.05) is 12.1 Å². The van der Waals surface area contributed by atoms with E-state index >= 15 is 0 Å². The standard InChI is InChI=1S/C13H15BrN2O.C13H16N2O2/c1-9-5-6-11-10(13(9)14)8-15-16(11)12-4-2-3-7-17-12;1-9-5-6-11-10(13(9)16)8-14-15(11)12-4-2-3-7-17-12/h5-6,8,12H,2-4,7H2,1H3;5-6,8,12,16H,2-4,7H2,1H3. The maximum absolute atomic E-state index is 9.98. The monoisotopic (exact) mass is 526 g/mol. The summed E-state index contributed by atoms with van der Waals surface area (Å²) in [5.74, 6) is 0.324. The maximum Gasteiger partial charge on any atom is 0.150 e. The molecule has 2 fully saturated rings. The smallest absolute Gasteiger partial charge is 0.150 e. The lowest BCUT2D eigenvalue weighted by molar-refractivity contribution is -0.0367. The number of phenolic OH excluding ortho intramolecular Hbond substituents is 1. The molecule has 2 unspecified atom stereocenters. The van der Waals surface area contributed by atoms with E-state index in [4.69, 9.17) is 9.47 Å². The van der Waals surface area contributed by atoms with Crippen LogP contribution in [0.25, 0.3) is 21.8 Å². The zero-order valence-corrected chi connectivity index (χ0v) is 21.3. The van der Waals surface area contributed by atoms with E-state index in [-0.39, 0.29) is 12.5 Å². The van der Waals surface area contributed by atoms with Crippen molar-refractivity contribution < 1.29 is 14.6 Å². The lowest BCUT2D eigenvalue weighted by Crippen LogP contribution is -2.18. The number of nitrogens with zero attached hydrogens (tertiary/aromatic N) is 4. The first kappa shape index (κ1) is 23.3. The van der Waals surface area contributed by atoms with E-state index in [2.05, 4.69) is 45.2 Å². The highest BCUT2D eigenvalue weighted by molar-refractivity contribution is 9.10. The molecule has 0 aliphatic carbocycles. The van der Waals surface area contributed by atoms with Crippen LogP contribution in [0.1, 0.15) is 62.1 Å². The molecule has 4 heterocycles. The zero-order valence-electron chi connectivity index (χ0n) is 19.7. The molecule has 0 amide bonds. The van der Waals surface area contributed by atoms with Gasteiger partial charge in [0.25, 0.3) is 0 Å². The summed E-state index contributed by atoms with van der Waals surface area (Å²) in [6, 6.07) is 8.15. The number of hydrogen-bond donors (Lipinski definition) is 1. The first-order valence-electron chi connectivity index (χ1n) is 12.1. The molecule has 0 saturated carbocycles. The third-order valence-electron chi connectivity index (χ3n) is 6.72. The molecule has 0 bridgehead atoms. The van der Waals surface area contributed by atoms with Crippen LogP contribution >= 0.6 is 15.9 Å². The fraction of sp³-hybridized carbons (Fsp3) is 0.462. The van der Waals surface area contributed by atoms with Gasteiger partial charge in [0, 0.05) is 23.1 Å². The van der Waals surface area contributed by atoms with E-state index < -0.39 is 0 Å². The number of ether oxygens (including phenoxy) is 2. The van der Waals surface area contributed by atoms with Crippen molar-refractivity contribution in [2.75, 3.05) is 13.2 Å². The molecule has 4 aromatic rings. The number of aromatic nitrogens is 4. The molecule has 2 aliphatic rings. The molecule has 2 saturated heterocycles. The lowest BCUT2D eigenvalue weighted by atomic mass is 10.1. The van der Waals surface area contributed by atoms with E-state index in [1.54, 1.807) is 6.20 Å². The second-order valence-electron chi connectivity index (χ2n) is 9.11. The minimum atomic E-state index is 0.0170. The second kappa shape index (κ2) is 10.1. The predicted molar refractivity (Wildman–Crippen MR) is 136 cm³/mol. The van der Waals surface area contributed by atoms with Gasteiger partial charge in [0.1, 0.15) is 5.75 Å². The molecule has 1 N–H and O–H groups in total. The van der Waals surface area contributed by atoms with E-state index in [1.165, 1.54) is 30.2 Å². The molecule has 6 rings (SSSR count). The number of aromatic hydroxyl groups is 1. The first-order valence-corrected chi connectivity index (χ1v) is 12.8. The molecule has 8 heteroatoms. The van der Waals surface area contributed by atoms with Crippen LogP contribution in [0.15, 0.2) is 41.1 Å². The highest BCUT2D eigenvalue weighted by Gasteiger charge is 2.20. The summed E-state index contributed by atoms with van der Waals surface area (Å²) in [4.78, 5) is 0. The van der Waals surface area contributed by atoms with E-state index in [0.717, 1.165) is 58.9 Å². The van der Waals surface area contributed by atoms with Gasteiger partial charge in [-0.05, 0) is 91.6 Å². The Hall–Kier alpha value is -2.42. The summed E-state index contributed by atoms with van der Waals surface area (Å²) in [5, 5.41) is 20.8. The fourth-order valence-electron chi connectivity index (χ4n) is 4.70. The van der Waals surface area contributed by atoms with Crippen molar-refractivity contribution in [3.63, 3.8) is 0 Å². The topological polar surface area (TPSA) is 74.3 Å². The number of benzene rings is 2. The van der Waals surface area contributed by atoms with Crippen LogP contribution in [0.2, 0.25) is 0 Å². The molecule has 0 spiro atoms. The molecule has 0 radical (unpaired) electrons. The summed E-state index contributed by atoms with van der Waals surface area (Å²) in [7, 11) is 0. The minimum absolute atomic E-state index is 0.0170. The average molecular weight is 527 g/mol. The van der Waals surface area contributed by atoms with Crippen LogP contribution in [-0.2, 0) is 9.47 Å². The van der Waals surface area contributed by atoms with Gasteiger partial charge in [-0.3, -0.25) is 0 Å². The van der Waals surface area contributed by atoms with Crippen LogP contribution in [0.3, 0.4) is 0 Å². The summed E-state index contributed by atoms with van der Waals surface area (Å²) in [6.07, 6.45) is 10.5. The number of hydrogen-bond acceptors (Lipinski definition) is 5. The van der Waals surface area contributed by atoms with Crippen LogP contribution < -0.4 is 0 Å². The van der Waals surface area contributed by atoms with Gasteiger partial charge in [-0.15, -0.1) is 0 Å². The Morgan fingerprint density at radius 3 is 1.88 bits per heavy atom. The number of phenols is 1. The average Bonchev–Trinajstić information content (AvgIpc) is 3.51. The summed E-state index contributed by atoms with van der Waals surface area (Å²) >= 11 is 3.62. The van der Waals surface area contributed by atoms with E-state index in [0.29, 0.717) is 5.75 Å².